The largest absolute Gasteiger partial charge is 0.456 e. The van der Waals surface area contributed by atoms with Crippen LogP contribution < -0.4 is 0 Å². The van der Waals surface area contributed by atoms with Gasteiger partial charge in [0.05, 0.1) is 8.22 Å². The fraction of sp³-hybridized carbons (Fsp3) is 0. The molecule has 11 rings (SSSR count). The molecule has 0 aliphatic carbocycles. The zero-order valence-electron chi connectivity index (χ0n) is 35.6. The second kappa shape index (κ2) is 13.3. The van der Waals surface area contributed by atoms with E-state index in [4.69, 9.17) is 23.5 Å². The lowest BCUT2D eigenvalue weighted by Gasteiger charge is -2.10. The first-order chi connectivity index (χ1) is 30.2. The molecule has 0 fully saturated rings. The molecule has 262 valence electrons. The van der Waals surface area contributed by atoms with Crippen molar-refractivity contribution in [3.63, 3.8) is 0 Å². The molecule has 11 aromatic rings. The van der Waals surface area contributed by atoms with Gasteiger partial charge in [-0.3, -0.25) is 0 Å². The minimum Gasteiger partial charge on any atom is -0.456 e. The summed E-state index contributed by atoms with van der Waals surface area (Å²) in [5.41, 5.74) is 6.24. The highest BCUT2D eigenvalue weighted by Gasteiger charge is 2.19. The molecule has 5 heteroatoms. The van der Waals surface area contributed by atoms with Crippen LogP contribution in [0, 0.1) is 0 Å². The SMILES string of the molecule is [2H]c1c([2H])c(-c2ccc(-c3ccccc3)cc2)c2c(oc3c([2H])c(-c4nc(-c5ccc(-c6ccccc6)cc5)nc(-c5cccc6sc7ccccc7c56)n4)c([2H])c([2H])c32)c1[2H]. The van der Waals surface area contributed by atoms with Gasteiger partial charge in [0.25, 0.3) is 0 Å². The lowest BCUT2D eigenvalue weighted by Crippen LogP contribution is -2.00. The summed E-state index contributed by atoms with van der Waals surface area (Å²) in [6.07, 6.45) is 0. The average Bonchev–Trinajstić information content (AvgIpc) is 3.91. The van der Waals surface area contributed by atoms with Crippen LogP contribution in [0.2, 0.25) is 0 Å². The van der Waals surface area contributed by atoms with Crippen molar-refractivity contribution in [3.05, 3.63) is 188 Å². The maximum atomic E-state index is 9.66. The van der Waals surface area contributed by atoms with Gasteiger partial charge in [0.2, 0.25) is 0 Å². The summed E-state index contributed by atoms with van der Waals surface area (Å²) in [4.78, 5) is 14.9. The van der Waals surface area contributed by atoms with E-state index in [0.29, 0.717) is 28.3 Å². The Morgan fingerprint density at radius 2 is 0.982 bits per heavy atom. The highest BCUT2D eigenvalue weighted by atomic mass is 32.1. The zero-order chi connectivity index (χ0) is 42.2. The number of hydrogen-bond donors (Lipinski definition) is 0. The van der Waals surface area contributed by atoms with E-state index in [1.807, 2.05) is 133 Å². The van der Waals surface area contributed by atoms with Crippen LogP contribution in [0.1, 0.15) is 8.22 Å². The number of benzene rings is 8. The second-order valence-electron chi connectivity index (χ2n) is 13.5. The van der Waals surface area contributed by atoms with E-state index in [9.17, 15) is 4.11 Å². The molecule has 0 atom stereocenters. The normalized spacial score (nSPS) is 13.1. The minimum atomic E-state index is -0.344. The van der Waals surface area contributed by atoms with Crippen molar-refractivity contribution < 1.29 is 12.6 Å². The van der Waals surface area contributed by atoms with Crippen LogP contribution >= 0.6 is 11.3 Å². The average molecular weight is 740 g/mol. The standard InChI is InChI=1S/C51H31N3OS/c1-3-11-32(12-4-1)34-21-25-36(26-22-34)39-16-9-18-43-47(39)40-30-29-38(31-44(40)55-43)50-52-49(37-27-23-35(24-28-37)33-13-5-2-6-14-33)53-51(54-50)42-17-10-20-46-48(42)41-15-7-8-19-45(41)56-46/h1-31H/i9D,16D,18D,29D,30D,31D. The van der Waals surface area contributed by atoms with Crippen molar-refractivity contribution >= 4 is 53.4 Å². The molecule has 0 saturated heterocycles. The third-order valence-corrected chi connectivity index (χ3v) is 11.2. The quantitative estimate of drug-likeness (QED) is 0.170. The monoisotopic (exact) mass is 739 g/mol. The molecular formula is C51H31N3OS. The molecule has 0 aliphatic rings. The number of fused-ring (bicyclic) bond motifs is 6. The lowest BCUT2D eigenvalue weighted by molar-refractivity contribution is 0.669. The van der Waals surface area contributed by atoms with Gasteiger partial charge >= 0.3 is 0 Å². The topological polar surface area (TPSA) is 51.8 Å². The van der Waals surface area contributed by atoms with Crippen molar-refractivity contribution in [1.29, 1.82) is 0 Å². The first-order valence-corrected chi connectivity index (χ1v) is 19.0. The molecule has 0 spiro atoms. The Hall–Kier alpha value is -7.21. The lowest BCUT2D eigenvalue weighted by atomic mass is 9.96. The van der Waals surface area contributed by atoms with Gasteiger partial charge in [-0.2, -0.15) is 0 Å². The Morgan fingerprint density at radius 1 is 0.393 bits per heavy atom. The molecule has 0 radical (unpaired) electrons. The Morgan fingerprint density at radius 3 is 1.71 bits per heavy atom. The van der Waals surface area contributed by atoms with E-state index < -0.39 is 0 Å². The molecule has 4 nitrogen and oxygen atoms in total. The molecule has 0 amide bonds. The van der Waals surface area contributed by atoms with E-state index in [1.54, 1.807) is 11.3 Å². The Balaban J connectivity index is 1.14. The van der Waals surface area contributed by atoms with E-state index in [0.717, 1.165) is 48.0 Å². The molecule has 56 heavy (non-hydrogen) atoms. The smallest absolute Gasteiger partial charge is 0.164 e. The van der Waals surface area contributed by atoms with Crippen LogP contribution in [0.5, 0.6) is 0 Å². The number of rotatable bonds is 6. The second-order valence-corrected chi connectivity index (χ2v) is 14.6. The fourth-order valence-corrected chi connectivity index (χ4v) is 8.51. The Kier molecular flexibility index (Phi) is 6.29. The van der Waals surface area contributed by atoms with Crippen LogP contribution in [-0.4, -0.2) is 15.0 Å². The predicted molar refractivity (Wildman–Crippen MR) is 233 cm³/mol. The molecule has 3 aromatic heterocycles. The number of hydrogen-bond acceptors (Lipinski definition) is 5. The molecular weight excluding hydrogens is 703 g/mol. The van der Waals surface area contributed by atoms with Gasteiger partial charge in [0.1, 0.15) is 11.2 Å². The molecule has 8 aromatic carbocycles. The van der Waals surface area contributed by atoms with E-state index in [2.05, 4.69) is 18.2 Å². The summed E-state index contributed by atoms with van der Waals surface area (Å²) in [5, 5.41) is 2.39. The van der Waals surface area contributed by atoms with Gasteiger partial charge in [-0.25, -0.2) is 15.0 Å². The fourth-order valence-electron chi connectivity index (χ4n) is 7.38. The van der Waals surface area contributed by atoms with Crippen molar-refractivity contribution in [3.8, 4) is 67.5 Å². The molecule has 0 unspecified atom stereocenters. The van der Waals surface area contributed by atoms with Gasteiger partial charge in [-0.1, -0.05) is 158 Å². The highest BCUT2D eigenvalue weighted by Crippen LogP contribution is 2.41. The summed E-state index contributed by atoms with van der Waals surface area (Å²) >= 11 is 1.67. The summed E-state index contributed by atoms with van der Waals surface area (Å²) in [6.45, 7) is 0. The Labute approximate surface area is 335 Å². The third kappa shape index (κ3) is 5.56. The maximum absolute atomic E-state index is 9.66. The Bertz CT molecular complexity index is 3570. The van der Waals surface area contributed by atoms with Crippen molar-refractivity contribution in [1.82, 2.24) is 15.0 Å². The summed E-state index contributed by atoms with van der Waals surface area (Å²) in [6, 6.07) is 47.8. The van der Waals surface area contributed by atoms with Gasteiger partial charge in [0.15, 0.2) is 17.5 Å². The van der Waals surface area contributed by atoms with Crippen molar-refractivity contribution in [2.75, 3.05) is 0 Å². The molecule has 0 saturated carbocycles. The van der Waals surface area contributed by atoms with E-state index in [1.165, 1.54) is 0 Å². The van der Waals surface area contributed by atoms with Gasteiger partial charge in [0, 0.05) is 47.6 Å². The van der Waals surface area contributed by atoms with Crippen molar-refractivity contribution in [2.45, 2.75) is 0 Å². The number of nitrogens with zero attached hydrogens (tertiary/aromatic N) is 3. The van der Waals surface area contributed by atoms with Gasteiger partial charge in [-0.05, 0) is 63.6 Å². The van der Waals surface area contributed by atoms with Crippen LogP contribution in [0.4, 0.5) is 0 Å². The zero-order valence-corrected chi connectivity index (χ0v) is 30.4. The van der Waals surface area contributed by atoms with Gasteiger partial charge < -0.3 is 4.42 Å². The highest BCUT2D eigenvalue weighted by molar-refractivity contribution is 7.25. The summed E-state index contributed by atoms with van der Waals surface area (Å²) in [5.74, 6) is 0.682. The summed E-state index contributed by atoms with van der Waals surface area (Å²) in [7, 11) is 0. The first kappa shape index (κ1) is 26.5. The van der Waals surface area contributed by atoms with Crippen LogP contribution in [-0.2, 0) is 0 Å². The molecule has 0 N–H and O–H groups in total. The molecule has 0 bridgehead atoms. The number of thiophene rings is 1. The molecule has 3 heterocycles. The predicted octanol–water partition coefficient (Wildman–Crippen LogP) is 14.1. The number of aromatic nitrogens is 3. The number of furan rings is 1. The summed E-state index contributed by atoms with van der Waals surface area (Å²) < 4.78 is 64.0. The van der Waals surface area contributed by atoms with Crippen molar-refractivity contribution in [2.24, 2.45) is 0 Å². The minimum absolute atomic E-state index is 0.0183. The maximum Gasteiger partial charge on any atom is 0.164 e. The third-order valence-electron chi connectivity index (χ3n) is 10.1. The van der Waals surface area contributed by atoms with Crippen LogP contribution in [0.3, 0.4) is 0 Å². The van der Waals surface area contributed by atoms with Crippen LogP contribution in [0.25, 0.3) is 110 Å². The van der Waals surface area contributed by atoms with Crippen LogP contribution in [0.15, 0.2) is 192 Å². The van der Waals surface area contributed by atoms with Gasteiger partial charge in [-0.15, -0.1) is 11.3 Å². The van der Waals surface area contributed by atoms with E-state index in [-0.39, 0.29) is 69.6 Å². The van der Waals surface area contributed by atoms with E-state index >= 15 is 0 Å². The first-order valence-electron chi connectivity index (χ1n) is 21.2. The molecule has 0 aliphatic heterocycles.